The van der Waals surface area contributed by atoms with Gasteiger partial charge in [-0.15, -0.1) is 0 Å². The smallest absolute Gasteiger partial charge is 0.185 e. The molecule has 0 atom stereocenters. The Morgan fingerprint density at radius 1 is 1.04 bits per heavy atom. The summed E-state index contributed by atoms with van der Waals surface area (Å²) in [4.78, 5) is 12.2. The second kappa shape index (κ2) is 8.54. The topological polar surface area (TPSA) is 72.5 Å². The Kier molecular flexibility index (Phi) is 5.70. The fraction of sp³-hybridized carbons (Fsp3) is 0.0909. The van der Waals surface area contributed by atoms with Gasteiger partial charge >= 0.3 is 0 Å². The highest BCUT2D eigenvalue weighted by Crippen LogP contribution is 2.17. The average Bonchev–Trinajstić information content (AvgIpc) is 3.19. The molecule has 1 heterocycles. The van der Waals surface area contributed by atoms with Crippen LogP contribution in [0.25, 0.3) is 6.08 Å². The van der Waals surface area contributed by atoms with Crippen LogP contribution in [0.15, 0.2) is 71.2 Å². The molecular weight excluding hydrogens is 342 g/mol. The number of allylic oxidation sites excluding steroid dienone is 1. The van der Waals surface area contributed by atoms with Crippen molar-refractivity contribution in [2.45, 2.75) is 6.61 Å². The van der Waals surface area contributed by atoms with Gasteiger partial charge in [-0.1, -0.05) is 0 Å². The zero-order valence-corrected chi connectivity index (χ0v) is 14.7. The van der Waals surface area contributed by atoms with Crippen LogP contribution in [0.5, 0.6) is 11.5 Å². The maximum absolute atomic E-state index is 12.2. The summed E-state index contributed by atoms with van der Waals surface area (Å²) in [6, 6.07) is 19.4. The van der Waals surface area contributed by atoms with Crippen molar-refractivity contribution in [1.82, 2.24) is 0 Å². The first-order chi connectivity index (χ1) is 13.2. The molecule has 0 aliphatic heterocycles. The van der Waals surface area contributed by atoms with E-state index in [1.165, 1.54) is 6.08 Å². The third-order valence-corrected chi connectivity index (χ3v) is 3.82. The van der Waals surface area contributed by atoms with Crippen LogP contribution < -0.4 is 9.47 Å². The molecule has 134 valence electrons. The predicted octanol–water partition coefficient (Wildman–Crippen LogP) is 4.63. The summed E-state index contributed by atoms with van der Waals surface area (Å²) in [5, 5.41) is 8.78. The van der Waals surface area contributed by atoms with Crippen LogP contribution in [-0.2, 0) is 6.61 Å². The number of hydrogen-bond acceptors (Lipinski definition) is 5. The molecule has 5 nitrogen and oxygen atoms in total. The summed E-state index contributed by atoms with van der Waals surface area (Å²) in [5.74, 6) is 2.43. The molecule has 27 heavy (non-hydrogen) atoms. The third-order valence-electron chi connectivity index (χ3n) is 3.82. The van der Waals surface area contributed by atoms with Gasteiger partial charge < -0.3 is 13.9 Å². The monoisotopic (exact) mass is 359 g/mol. The largest absolute Gasteiger partial charge is 0.497 e. The van der Waals surface area contributed by atoms with Gasteiger partial charge in [0.1, 0.15) is 29.6 Å². The van der Waals surface area contributed by atoms with Crippen LogP contribution in [0.4, 0.5) is 0 Å². The second-order valence-electron chi connectivity index (χ2n) is 5.66. The van der Waals surface area contributed by atoms with Crippen LogP contribution in [0, 0.1) is 11.3 Å². The van der Waals surface area contributed by atoms with Gasteiger partial charge in [-0.2, -0.15) is 5.26 Å². The lowest BCUT2D eigenvalue weighted by molar-refractivity contribution is 0.104. The molecule has 0 saturated heterocycles. The second-order valence-corrected chi connectivity index (χ2v) is 5.66. The molecular formula is C22H17NO4. The first-order valence-corrected chi connectivity index (χ1v) is 8.26. The van der Waals surface area contributed by atoms with E-state index in [9.17, 15) is 4.79 Å². The molecule has 2 aromatic carbocycles. The molecule has 0 radical (unpaired) electrons. The van der Waals surface area contributed by atoms with Crippen LogP contribution in [-0.4, -0.2) is 12.9 Å². The summed E-state index contributed by atoms with van der Waals surface area (Å²) in [7, 11) is 1.58. The zero-order valence-electron chi connectivity index (χ0n) is 14.7. The van der Waals surface area contributed by atoms with Gasteiger partial charge in [-0.05, 0) is 72.8 Å². The number of furan rings is 1. The van der Waals surface area contributed by atoms with Crippen molar-refractivity contribution >= 4 is 11.9 Å². The lowest BCUT2D eigenvalue weighted by atomic mass is 10.1. The van der Waals surface area contributed by atoms with Crippen molar-refractivity contribution in [3.8, 4) is 17.6 Å². The summed E-state index contributed by atoms with van der Waals surface area (Å²) in [5.41, 5.74) is 1.15. The van der Waals surface area contributed by atoms with Gasteiger partial charge in [0.15, 0.2) is 5.78 Å². The quantitative estimate of drug-likeness (QED) is 0.454. The van der Waals surface area contributed by atoms with Gasteiger partial charge in [0.25, 0.3) is 0 Å². The molecule has 0 aliphatic rings. The van der Waals surface area contributed by atoms with Crippen molar-refractivity contribution in [1.29, 1.82) is 5.26 Å². The van der Waals surface area contributed by atoms with E-state index in [-0.39, 0.29) is 12.4 Å². The van der Waals surface area contributed by atoms with E-state index < -0.39 is 0 Å². The van der Waals surface area contributed by atoms with Gasteiger partial charge in [0.2, 0.25) is 0 Å². The summed E-state index contributed by atoms with van der Waals surface area (Å²) in [6.45, 7) is 0.256. The summed E-state index contributed by atoms with van der Waals surface area (Å²) < 4.78 is 16.3. The first-order valence-electron chi connectivity index (χ1n) is 8.26. The molecule has 3 rings (SSSR count). The van der Waals surface area contributed by atoms with E-state index in [0.29, 0.717) is 34.1 Å². The molecule has 1 aromatic heterocycles. The van der Waals surface area contributed by atoms with E-state index in [0.717, 1.165) is 0 Å². The molecule has 0 saturated carbocycles. The Hall–Kier alpha value is -3.78. The fourth-order valence-corrected chi connectivity index (χ4v) is 2.35. The van der Waals surface area contributed by atoms with Crippen molar-refractivity contribution < 1.29 is 18.7 Å². The maximum Gasteiger partial charge on any atom is 0.185 e. The fourth-order valence-electron chi connectivity index (χ4n) is 2.35. The predicted molar refractivity (Wildman–Crippen MR) is 101 cm³/mol. The Morgan fingerprint density at radius 3 is 2.41 bits per heavy atom. The van der Waals surface area contributed by atoms with Crippen molar-refractivity contribution in [3.05, 3.63) is 89.4 Å². The van der Waals surface area contributed by atoms with E-state index in [4.69, 9.17) is 19.2 Å². The number of nitriles is 1. The Bertz CT molecular complexity index is 976. The summed E-state index contributed by atoms with van der Waals surface area (Å²) >= 11 is 0. The van der Waals surface area contributed by atoms with E-state index in [1.54, 1.807) is 73.8 Å². The van der Waals surface area contributed by atoms with Crippen LogP contribution in [0.1, 0.15) is 27.4 Å². The van der Waals surface area contributed by atoms with Crippen LogP contribution in [0.3, 0.4) is 0 Å². The highest BCUT2D eigenvalue weighted by Gasteiger charge is 2.04. The van der Waals surface area contributed by atoms with Crippen LogP contribution in [0.2, 0.25) is 0 Å². The van der Waals surface area contributed by atoms with Gasteiger partial charge in [-0.3, -0.25) is 4.79 Å². The zero-order chi connectivity index (χ0) is 19.1. The molecule has 3 aromatic rings. The van der Waals surface area contributed by atoms with Crippen molar-refractivity contribution in [2.24, 2.45) is 0 Å². The molecule has 0 spiro atoms. The molecule has 5 heteroatoms. The molecule has 0 amide bonds. The molecule has 0 unspecified atom stereocenters. The Balaban J connectivity index is 1.57. The third kappa shape index (κ3) is 4.86. The minimum Gasteiger partial charge on any atom is -0.497 e. The lowest BCUT2D eigenvalue weighted by Gasteiger charge is -2.03. The molecule has 0 fully saturated rings. The van der Waals surface area contributed by atoms with Gasteiger partial charge in [0.05, 0.1) is 18.7 Å². The number of ether oxygens (including phenoxy) is 2. The van der Waals surface area contributed by atoms with Crippen molar-refractivity contribution in [2.75, 3.05) is 7.11 Å². The number of rotatable bonds is 7. The first kappa shape index (κ1) is 18.0. The normalized spacial score (nSPS) is 10.5. The van der Waals surface area contributed by atoms with E-state index >= 15 is 0 Å². The maximum atomic E-state index is 12.2. The van der Waals surface area contributed by atoms with E-state index in [1.807, 2.05) is 0 Å². The SMILES string of the molecule is COc1ccc(C(=O)/C=C/c2ccc(COc3ccc(C#N)cc3)o2)cc1. The minimum atomic E-state index is -0.121. The Morgan fingerprint density at radius 2 is 1.74 bits per heavy atom. The average molecular weight is 359 g/mol. The lowest BCUT2D eigenvalue weighted by Crippen LogP contribution is -1.94. The number of carbonyl (C=O) groups excluding carboxylic acids is 1. The number of ketones is 1. The highest BCUT2D eigenvalue weighted by molar-refractivity contribution is 6.06. The van der Waals surface area contributed by atoms with Crippen LogP contribution >= 0.6 is 0 Å². The van der Waals surface area contributed by atoms with Crippen molar-refractivity contribution in [3.63, 3.8) is 0 Å². The standard InChI is InChI=1S/C22H17NO4/c1-25-18-8-4-17(5-9-18)22(24)13-12-20-10-11-21(27-20)15-26-19-6-2-16(14-23)3-7-19/h2-13H,15H2,1H3/b13-12+. The molecule has 0 N–H and O–H groups in total. The van der Waals surface area contributed by atoms with E-state index in [2.05, 4.69) is 6.07 Å². The summed E-state index contributed by atoms with van der Waals surface area (Å²) in [6.07, 6.45) is 3.09. The highest BCUT2D eigenvalue weighted by atomic mass is 16.5. The van der Waals surface area contributed by atoms with Gasteiger partial charge in [-0.25, -0.2) is 0 Å². The number of nitrogens with zero attached hydrogens (tertiary/aromatic N) is 1. The van der Waals surface area contributed by atoms with Gasteiger partial charge in [0, 0.05) is 5.56 Å². The number of benzene rings is 2. The minimum absolute atomic E-state index is 0.121. The number of carbonyl (C=O) groups is 1. The molecule has 0 bridgehead atoms. The molecule has 0 aliphatic carbocycles. The number of methoxy groups -OCH3 is 1. The number of hydrogen-bond donors (Lipinski definition) is 0. The Labute approximate surface area is 157 Å².